The fraction of sp³-hybridized carbons (Fsp3) is 0.375. The van der Waals surface area contributed by atoms with Crippen LogP contribution >= 0.6 is 11.6 Å². The summed E-state index contributed by atoms with van der Waals surface area (Å²) < 4.78 is 0. The number of anilines is 1. The summed E-state index contributed by atoms with van der Waals surface area (Å²) in [6.45, 7) is 6.32. The van der Waals surface area contributed by atoms with Crippen LogP contribution in [-0.4, -0.2) is 63.9 Å². The molecule has 2 saturated heterocycles. The molecule has 3 unspecified atom stereocenters. The summed E-state index contributed by atoms with van der Waals surface area (Å²) in [6.07, 6.45) is 0. The molecule has 3 atom stereocenters. The molecule has 2 aromatic rings. The minimum absolute atomic E-state index is 0.152. The molecule has 2 heterocycles. The molecule has 2 aromatic carbocycles. The van der Waals surface area contributed by atoms with Crippen LogP contribution in [0.15, 0.2) is 48.5 Å². The molecule has 0 saturated carbocycles. The third kappa shape index (κ3) is 4.59. The summed E-state index contributed by atoms with van der Waals surface area (Å²) in [6, 6.07) is 13.0. The molecule has 8 nitrogen and oxygen atoms in total. The van der Waals surface area contributed by atoms with Crippen LogP contribution in [0, 0.1) is 6.92 Å². The normalized spacial score (nSPS) is 23.1. The van der Waals surface area contributed by atoms with E-state index in [0.717, 1.165) is 11.1 Å². The Morgan fingerprint density at radius 2 is 1.88 bits per heavy atom. The summed E-state index contributed by atoms with van der Waals surface area (Å²) in [5.74, 6) is -0.604. The van der Waals surface area contributed by atoms with E-state index in [0.29, 0.717) is 17.3 Å². The average molecular weight is 470 g/mol. The number of hydrazine groups is 1. The number of amides is 4. The third-order valence-electron chi connectivity index (χ3n) is 6.19. The minimum Gasteiger partial charge on any atom is -0.324 e. The highest BCUT2D eigenvalue weighted by Gasteiger charge is 2.54. The van der Waals surface area contributed by atoms with Gasteiger partial charge in [-0.05, 0) is 37.1 Å². The number of benzene rings is 2. The Hall–Kier alpha value is -2.94. The summed E-state index contributed by atoms with van der Waals surface area (Å²) in [5.41, 5.74) is 5.60. The van der Waals surface area contributed by atoms with Gasteiger partial charge in [0.05, 0.1) is 12.6 Å². The second-order valence-corrected chi connectivity index (χ2v) is 8.88. The largest absolute Gasteiger partial charge is 0.327 e. The molecule has 0 aromatic heterocycles. The van der Waals surface area contributed by atoms with Crippen molar-refractivity contribution in [1.29, 1.82) is 0 Å². The number of likely N-dealkylation sites (N-methyl/N-ethyl adjacent to an activating group) is 1. The predicted octanol–water partition coefficient (Wildman–Crippen LogP) is 3.02. The molecule has 174 valence electrons. The van der Waals surface area contributed by atoms with Gasteiger partial charge in [-0.2, -0.15) is 0 Å². The summed E-state index contributed by atoms with van der Waals surface area (Å²) in [7, 11) is 0. The Balaban J connectivity index is 1.59. The van der Waals surface area contributed by atoms with E-state index in [2.05, 4.69) is 10.7 Å². The number of fused-ring (bicyclic) bond motifs is 1. The molecule has 2 aliphatic heterocycles. The van der Waals surface area contributed by atoms with Crippen LogP contribution in [-0.2, 0) is 16.1 Å². The molecule has 0 spiro atoms. The second kappa shape index (κ2) is 9.51. The number of hydrogen-bond acceptors (Lipinski definition) is 5. The van der Waals surface area contributed by atoms with Gasteiger partial charge in [-0.3, -0.25) is 14.5 Å². The van der Waals surface area contributed by atoms with E-state index < -0.39 is 18.1 Å². The molecule has 4 rings (SSSR count). The van der Waals surface area contributed by atoms with Crippen LogP contribution in [0.3, 0.4) is 0 Å². The van der Waals surface area contributed by atoms with E-state index >= 15 is 0 Å². The van der Waals surface area contributed by atoms with Gasteiger partial charge in [-0.25, -0.2) is 15.2 Å². The lowest BCUT2D eigenvalue weighted by Gasteiger charge is -2.43. The molecule has 4 amide bonds. The van der Waals surface area contributed by atoms with Gasteiger partial charge in [0, 0.05) is 23.3 Å². The summed E-state index contributed by atoms with van der Waals surface area (Å²) in [4.78, 5) is 42.6. The van der Waals surface area contributed by atoms with Crippen molar-refractivity contribution in [3.05, 3.63) is 64.7 Å². The van der Waals surface area contributed by atoms with E-state index in [9.17, 15) is 14.4 Å². The number of nitrogens with one attached hydrogen (secondary N) is 2. The molecule has 0 aliphatic carbocycles. The van der Waals surface area contributed by atoms with Crippen LogP contribution in [0.2, 0.25) is 5.02 Å². The van der Waals surface area contributed by atoms with Crippen molar-refractivity contribution in [2.75, 3.05) is 18.4 Å². The lowest BCUT2D eigenvalue weighted by Crippen LogP contribution is -2.67. The lowest BCUT2D eigenvalue weighted by atomic mass is 9.97. The van der Waals surface area contributed by atoms with Crippen LogP contribution in [0.25, 0.3) is 0 Å². The lowest BCUT2D eigenvalue weighted by molar-refractivity contribution is -0.140. The number of rotatable bonds is 6. The van der Waals surface area contributed by atoms with Crippen molar-refractivity contribution < 1.29 is 14.4 Å². The van der Waals surface area contributed by atoms with Crippen LogP contribution in [0.1, 0.15) is 25.0 Å². The highest BCUT2D eigenvalue weighted by atomic mass is 35.5. The standard InChI is InChI=1S/C24H28ClN5O3/c1-4-30-22-21(16(3)27-30)28(14-20(31)26-18-11-10-15(2)19(25)12-18)24(33)29(23(22)32)13-17-8-6-5-7-9-17/h5-12,16,21-22,27H,4,13-14H2,1-3H3,(H,26,31). The van der Waals surface area contributed by atoms with Gasteiger partial charge in [-0.15, -0.1) is 0 Å². The number of carbonyl (C=O) groups excluding carboxylic acids is 3. The molecule has 2 N–H and O–H groups in total. The maximum atomic E-state index is 13.5. The van der Waals surface area contributed by atoms with Gasteiger partial charge in [-0.1, -0.05) is 54.9 Å². The molecule has 0 radical (unpaired) electrons. The van der Waals surface area contributed by atoms with Crippen LogP contribution in [0.4, 0.5) is 10.5 Å². The number of halogens is 1. The number of aryl methyl sites for hydroxylation is 1. The topological polar surface area (TPSA) is 85.0 Å². The monoisotopic (exact) mass is 469 g/mol. The number of hydrogen-bond donors (Lipinski definition) is 2. The molecule has 2 aliphatic rings. The van der Waals surface area contributed by atoms with E-state index in [1.165, 1.54) is 9.80 Å². The SMILES string of the molecule is CCN1NC(C)C2C1C(=O)N(Cc1ccccc1)C(=O)N2CC(=O)Nc1ccc(C)c(Cl)c1. The average Bonchev–Trinajstić information content (AvgIpc) is 3.14. The Morgan fingerprint density at radius 1 is 1.15 bits per heavy atom. The van der Waals surface area contributed by atoms with Crippen molar-refractivity contribution in [3.63, 3.8) is 0 Å². The molecule has 2 fully saturated rings. The van der Waals surface area contributed by atoms with Crippen LogP contribution in [0.5, 0.6) is 0 Å². The number of urea groups is 1. The summed E-state index contributed by atoms with van der Waals surface area (Å²) in [5, 5.41) is 5.22. The Morgan fingerprint density at radius 3 is 2.55 bits per heavy atom. The maximum absolute atomic E-state index is 13.5. The first-order chi connectivity index (χ1) is 15.8. The first-order valence-electron chi connectivity index (χ1n) is 11.0. The van der Waals surface area contributed by atoms with Crippen molar-refractivity contribution in [3.8, 4) is 0 Å². The zero-order valence-corrected chi connectivity index (χ0v) is 19.7. The predicted molar refractivity (Wildman–Crippen MR) is 126 cm³/mol. The third-order valence-corrected chi connectivity index (χ3v) is 6.60. The Labute approximate surface area is 198 Å². The van der Waals surface area contributed by atoms with Gasteiger partial charge in [0.2, 0.25) is 5.91 Å². The second-order valence-electron chi connectivity index (χ2n) is 8.47. The summed E-state index contributed by atoms with van der Waals surface area (Å²) >= 11 is 6.17. The van der Waals surface area contributed by atoms with Gasteiger partial charge >= 0.3 is 6.03 Å². The molecule has 9 heteroatoms. The van der Waals surface area contributed by atoms with E-state index in [1.807, 2.05) is 62.2 Å². The number of nitrogens with zero attached hydrogens (tertiary/aromatic N) is 3. The first-order valence-corrected chi connectivity index (χ1v) is 11.4. The van der Waals surface area contributed by atoms with Gasteiger partial charge in [0.25, 0.3) is 5.91 Å². The van der Waals surface area contributed by atoms with Crippen molar-refractivity contribution in [1.82, 2.24) is 20.2 Å². The van der Waals surface area contributed by atoms with Crippen LogP contribution < -0.4 is 10.7 Å². The molecular formula is C24H28ClN5O3. The Kier molecular flexibility index (Phi) is 6.69. The van der Waals surface area contributed by atoms with Gasteiger partial charge < -0.3 is 10.2 Å². The van der Waals surface area contributed by atoms with Gasteiger partial charge in [0.15, 0.2) is 0 Å². The van der Waals surface area contributed by atoms with E-state index in [4.69, 9.17) is 11.6 Å². The van der Waals surface area contributed by atoms with E-state index in [-0.39, 0.29) is 30.9 Å². The fourth-order valence-corrected chi connectivity index (χ4v) is 4.71. The van der Waals surface area contributed by atoms with Crippen molar-refractivity contribution in [2.24, 2.45) is 0 Å². The first kappa shape index (κ1) is 23.2. The van der Waals surface area contributed by atoms with Gasteiger partial charge in [0.1, 0.15) is 12.6 Å². The smallest absolute Gasteiger partial charge is 0.324 e. The molecule has 33 heavy (non-hydrogen) atoms. The van der Waals surface area contributed by atoms with Crippen molar-refractivity contribution in [2.45, 2.75) is 45.4 Å². The fourth-order valence-electron chi connectivity index (χ4n) is 4.53. The zero-order chi connectivity index (χ0) is 23.7. The van der Waals surface area contributed by atoms with Crippen molar-refractivity contribution >= 4 is 35.1 Å². The maximum Gasteiger partial charge on any atom is 0.327 e. The minimum atomic E-state index is -0.562. The quantitative estimate of drug-likeness (QED) is 0.679. The number of carbonyl (C=O) groups is 3. The zero-order valence-electron chi connectivity index (χ0n) is 18.9. The highest BCUT2D eigenvalue weighted by Crippen LogP contribution is 2.30. The highest BCUT2D eigenvalue weighted by molar-refractivity contribution is 6.31. The molecule has 0 bridgehead atoms. The Bertz CT molecular complexity index is 1060. The molecular weight excluding hydrogens is 442 g/mol. The van der Waals surface area contributed by atoms with E-state index in [1.54, 1.807) is 12.1 Å². The number of imide groups is 1.